The van der Waals surface area contributed by atoms with Crippen molar-refractivity contribution in [2.75, 3.05) is 19.6 Å². The van der Waals surface area contributed by atoms with E-state index in [0.29, 0.717) is 12.5 Å². The van der Waals surface area contributed by atoms with E-state index in [2.05, 4.69) is 17.0 Å². The second-order valence-electron chi connectivity index (χ2n) is 3.85. The lowest BCUT2D eigenvalue weighted by Gasteiger charge is -2.35. The van der Waals surface area contributed by atoms with Gasteiger partial charge in [0.05, 0.1) is 12.6 Å². The van der Waals surface area contributed by atoms with Crippen LogP contribution in [0.25, 0.3) is 0 Å². The quantitative estimate of drug-likeness (QED) is 0.256. The smallest absolute Gasteiger partial charge is 0.153 e. The third-order valence-electron chi connectivity index (χ3n) is 2.82. The predicted molar refractivity (Wildman–Crippen MR) is 54.3 cm³/mol. The Bertz CT molecular complexity index is 208. The molecule has 1 fully saturated rings. The van der Waals surface area contributed by atoms with Crippen LogP contribution in [-0.4, -0.2) is 46.8 Å². The molecule has 14 heavy (non-hydrogen) atoms. The molecule has 0 aliphatic carbocycles. The number of likely N-dealkylation sites (tertiary alicyclic amines) is 1. The van der Waals surface area contributed by atoms with Crippen molar-refractivity contribution >= 4 is 5.84 Å². The Hall–Kier alpha value is -0.810. The minimum Gasteiger partial charge on any atom is -0.409 e. The van der Waals surface area contributed by atoms with Crippen LogP contribution < -0.4 is 5.73 Å². The van der Waals surface area contributed by atoms with E-state index in [1.807, 2.05) is 0 Å². The minimum atomic E-state index is -0.191. The molecule has 4 N–H and O–H groups in total. The van der Waals surface area contributed by atoms with Gasteiger partial charge in [0.25, 0.3) is 0 Å². The van der Waals surface area contributed by atoms with Gasteiger partial charge in [-0.05, 0) is 18.8 Å². The zero-order valence-electron chi connectivity index (χ0n) is 8.56. The molecule has 0 aromatic rings. The van der Waals surface area contributed by atoms with Crippen LogP contribution in [0.2, 0.25) is 0 Å². The van der Waals surface area contributed by atoms with Crippen LogP contribution in [0.1, 0.15) is 19.8 Å². The topological polar surface area (TPSA) is 82.1 Å². The number of amidine groups is 1. The Morgan fingerprint density at radius 3 is 2.93 bits per heavy atom. The molecule has 0 spiro atoms. The molecule has 0 bridgehead atoms. The van der Waals surface area contributed by atoms with Gasteiger partial charge in [0.2, 0.25) is 0 Å². The van der Waals surface area contributed by atoms with Gasteiger partial charge in [-0.15, -0.1) is 0 Å². The molecule has 82 valence electrons. The summed E-state index contributed by atoms with van der Waals surface area (Å²) in [5.41, 5.74) is 5.42. The third-order valence-corrected chi connectivity index (χ3v) is 2.82. The van der Waals surface area contributed by atoms with Crippen molar-refractivity contribution in [2.24, 2.45) is 16.8 Å². The Kier molecular flexibility index (Phi) is 4.16. The van der Waals surface area contributed by atoms with Gasteiger partial charge in [-0.2, -0.15) is 0 Å². The summed E-state index contributed by atoms with van der Waals surface area (Å²) in [6.07, 6.45) is 1.55. The fourth-order valence-corrected chi connectivity index (χ4v) is 1.90. The molecule has 2 atom stereocenters. The van der Waals surface area contributed by atoms with Crippen molar-refractivity contribution in [2.45, 2.75) is 25.9 Å². The van der Waals surface area contributed by atoms with Crippen molar-refractivity contribution < 1.29 is 10.3 Å². The molecular weight excluding hydrogens is 182 g/mol. The van der Waals surface area contributed by atoms with Gasteiger partial charge in [0.1, 0.15) is 0 Å². The van der Waals surface area contributed by atoms with E-state index < -0.39 is 0 Å². The first kappa shape index (κ1) is 11.3. The number of aliphatic hydroxyl groups is 1. The average Bonchev–Trinajstić information content (AvgIpc) is 2.20. The van der Waals surface area contributed by atoms with Crippen LogP contribution in [0, 0.1) is 5.92 Å². The van der Waals surface area contributed by atoms with Crippen LogP contribution in [-0.2, 0) is 0 Å². The Balaban J connectivity index is 2.42. The van der Waals surface area contributed by atoms with E-state index >= 15 is 0 Å². The molecule has 1 heterocycles. The van der Waals surface area contributed by atoms with Crippen LogP contribution in [0.3, 0.4) is 0 Å². The lowest BCUT2D eigenvalue weighted by atomic mass is 9.92. The first-order valence-corrected chi connectivity index (χ1v) is 5.04. The van der Waals surface area contributed by atoms with E-state index in [1.54, 1.807) is 0 Å². The van der Waals surface area contributed by atoms with Gasteiger partial charge in [0.15, 0.2) is 5.84 Å². The maximum Gasteiger partial charge on any atom is 0.153 e. The summed E-state index contributed by atoms with van der Waals surface area (Å²) in [7, 11) is 0. The molecule has 1 rings (SSSR count). The van der Waals surface area contributed by atoms with E-state index in [0.717, 1.165) is 25.9 Å². The van der Waals surface area contributed by atoms with Gasteiger partial charge in [-0.3, -0.25) is 4.90 Å². The third kappa shape index (κ3) is 2.85. The van der Waals surface area contributed by atoms with Gasteiger partial charge in [0, 0.05) is 13.1 Å². The van der Waals surface area contributed by atoms with E-state index in [4.69, 9.17) is 10.9 Å². The predicted octanol–water partition coefficient (Wildman–Crippen LogP) is -0.174. The zero-order chi connectivity index (χ0) is 10.6. The number of aliphatic hydroxyl groups excluding tert-OH is 1. The van der Waals surface area contributed by atoms with Crippen molar-refractivity contribution in [3.05, 3.63) is 0 Å². The highest BCUT2D eigenvalue weighted by Crippen LogP contribution is 2.19. The molecule has 0 aromatic heterocycles. The highest BCUT2D eigenvalue weighted by Gasteiger charge is 2.26. The molecule has 1 aliphatic rings. The molecule has 1 aliphatic heterocycles. The standard InChI is InChI=1S/C9H19N3O2/c1-2-7-5-12(4-3-8(7)13)6-9(10)11-14/h7-8,13-14H,2-6H2,1H3,(H2,10,11)/t7-,8+/m0/s1. The number of rotatable bonds is 3. The highest BCUT2D eigenvalue weighted by molar-refractivity contribution is 5.81. The molecular formula is C9H19N3O2. The largest absolute Gasteiger partial charge is 0.409 e. The maximum atomic E-state index is 9.64. The highest BCUT2D eigenvalue weighted by atomic mass is 16.4. The number of hydrogen-bond donors (Lipinski definition) is 3. The van der Waals surface area contributed by atoms with E-state index in [1.165, 1.54) is 0 Å². The Morgan fingerprint density at radius 1 is 1.64 bits per heavy atom. The second kappa shape index (κ2) is 5.17. The zero-order valence-corrected chi connectivity index (χ0v) is 8.56. The van der Waals surface area contributed by atoms with Gasteiger partial charge in [-0.25, -0.2) is 0 Å². The molecule has 0 radical (unpaired) electrons. The van der Waals surface area contributed by atoms with Gasteiger partial charge in [-0.1, -0.05) is 12.1 Å². The van der Waals surface area contributed by atoms with Gasteiger partial charge < -0.3 is 16.0 Å². The number of piperidine rings is 1. The summed E-state index contributed by atoms with van der Waals surface area (Å²) < 4.78 is 0. The molecule has 0 unspecified atom stereocenters. The van der Waals surface area contributed by atoms with Crippen molar-refractivity contribution in [3.8, 4) is 0 Å². The SMILES string of the molecule is CC[C@H]1CN(CC(N)=NO)CC[C@H]1O. The van der Waals surface area contributed by atoms with Crippen LogP contribution >= 0.6 is 0 Å². The molecule has 0 aromatic carbocycles. The van der Waals surface area contributed by atoms with E-state index in [9.17, 15) is 5.11 Å². The van der Waals surface area contributed by atoms with Crippen LogP contribution in [0.4, 0.5) is 0 Å². The van der Waals surface area contributed by atoms with Crippen molar-refractivity contribution in [3.63, 3.8) is 0 Å². The van der Waals surface area contributed by atoms with Crippen molar-refractivity contribution in [1.29, 1.82) is 0 Å². The molecule has 0 amide bonds. The first-order chi connectivity index (χ1) is 6.67. The van der Waals surface area contributed by atoms with Gasteiger partial charge >= 0.3 is 0 Å². The molecule has 0 saturated carbocycles. The maximum absolute atomic E-state index is 9.64. The fourth-order valence-electron chi connectivity index (χ4n) is 1.90. The normalized spacial score (nSPS) is 30.6. The minimum absolute atomic E-state index is 0.191. The Morgan fingerprint density at radius 2 is 2.36 bits per heavy atom. The average molecular weight is 201 g/mol. The summed E-state index contributed by atoms with van der Waals surface area (Å²) in [6.45, 7) is 4.20. The molecule has 1 saturated heterocycles. The second-order valence-corrected chi connectivity index (χ2v) is 3.85. The number of hydrogen-bond acceptors (Lipinski definition) is 4. The summed E-state index contributed by atoms with van der Waals surface area (Å²) in [4.78, 5) is 2.11. The monoisotopic (exact) mass is 201 g/mol. The molecule has 5 nitrogen and oxygen atoms in total. The van der Waals surface area contributed by atoms with Crippen molar-refractivity contribution in [1.82, 2.24) is 4.90 Å². The number of nitrogens with zero attached hydrogens (tertiary/aromatic N) is 2. The van der Waals surface area contributed by atoms with E-state index in [-0.39, 0.29) is 11.9 Å². The number of nitrogens with two attached hydrogens (primary N) is 1. The summed E-state index contributed by atoms with van der Waals surface area (Å²) in [5.74, 6) is 0.548. The lowest BCUT2D eigenvalue weighted by molar-refractivity contribution is 0.0306. The first-order valence-electron chi connectivity index (χ1n) is 5.04. The lowest BCUT2D eigenvalue weighted by Crippen LogP contribution is -2.46. The van der Waals surface area contributed by atoms with Crippen LogP contribution in [0.5, 0.6) is 0 Å². The summed E-state index contributed by atoms with van der Waals surface area (Å²) in [6, 6.07) is 0. The Labute approximate surface area is 84.2 Å². The van der Waals surface area contributed by atoms with Crippen LogP contribution in [0.15, 0.2) is 5.16 Å². The number of oxime groups is 1. The summed E-state index contributed by atoms with van der Waals surface area (Å²) >= 11 is 0. The summed E-state index contributed by atoms with van der Waals surface area (Å²) in [5, 5.41) is 21.0. The molecule has 5 heteroatoms. The fraction of sp³-hybridized carbons (Fsp3) is 0.889.